The van der Waals surface area contributed by atoms with Crippen LogP contribution in [0.25, 0.3) is 0 Å². The van der Waals surface area contributed by atoms with Crippen molar-refractivity contribution in [2.75, 3.05) is 56.4 Å². The summed E-state index contributed by atoms with van der Waals surface area (Å²) in [6.45, 7) is 7.15. The van der Waals surface area contributed by atoms with Crippen molar-refractivity contribution in [3.8, 4) is 11.6 Å². The molecule has 2 aromatic carbocycles. The number of carbonyl (C=O) groups excluding carboxylic acids is 1. The summed E-state index contributed by atoms with van der Waals surface area (Å²) >= 11 is 0. The number of hydrogen-bond donors (Lipinski definition) is 1. The SMILES string of the molecule is CCN1CCN(c2c(N)cc(C(=O)N3CCC(c4ccc(Oc5ccc(C(F)(F)F)nn5)cc4)CC3)cc2F)CC1. The number of alkyl halides is 3. The number of nitrogens with two attached hydrogens (primary N) is 1. The van der Waals surface area contributed by atoms with Crippen molar-refractivity contribution in [3.63, 3.8) is 0 Å². The maximum absolute atomic E-state index is 15.2. The van der Waals surface area contributed by atoms with Gasteiger partial charge >= 0.3 is 6.18 Å². The van der Waals surface area contributed by atoms with Crippen LogP contribution in [0.4, 0.5) is 28.9 Å². The first-order valence-electron chi connectivity index (χ1n) is 13.7. The van der Waals surface area contributed by atoms with Gasteiger partial charge in [-0.25, -0.2) is 4.39 Å². The number of carbonyl (C=O) groups is 1. The van der Waals surface area contributed by atoms with Crippen LogP contribution in [0.1, 0.15) is 47.3 Å². The molecule has 2 saturated heterocycles. The fourth-order valence-electron chi connectivity index (χ4n) is 5.42. The molecule has 2 aliphatic heterocycles. The molecule has 0 saturated carbocycles. The predicted molar refractivity (Wildman–Crippen MR) is 147 cm³/mol. The van der Waals surface area contributed by atoms with E-state index >= 15 is 4.39 Å². The summed E-state index contributed by atoms with van der Waals surface area (Å²) < 4.78 is 58.7. The molecule has 0 aliphatic carbocycles. The largest absolute Gasteiger partial charge is 0.438 e. The summed E-state index contributed by atoms with van der Waals surface area (Å²) in [4.78, 5) is 19.2. The van der Waals surface area contributed by atoms with Crippen LogP contribution in [0.15, 0.2) is 48.5 Å². The molecule has 5 rings (SSSR count). The van der Waals surface area contributed by atoms with Crippen molar-refractivity contribution in [2.24, 2.45) is 0 Å². The molecule has 1 aromatic heterocycles. The predicted octanol–water partition coefficient (Wildman–Crippen LogP) is 5.17. The molecule has 12 heteroatoms. The second kappa shape index (κ2) is 11.9. The number of nitrogen functional groups attached to an aromatic ring is 1. The Hall–Kier alpha value is -3.93. The third-order valence-electron chi connectivity index (χ3n) is 7.76. The molecular formula is C29H32F4N6O2. The second-order valence-corrected chi connectivity index (χ2v) is 10.3. The van der Waals surface area contributed by atoms with Gasteiger partial charge in [0.25, 0.3) is 5.91 Å². The number of ether oxygens (including phenoxy) is 1. The van der Waals surface area contributed by atoms with Crippen LogP contribution >= 0.6 is 0 Å². The van der Waals surface area contributed by atoms with E-state index in [0.717, 1.165) is 50.2 Å². The smallest absolute Gasteiger partial charge is 0.435 e. The number of rotatable bonds is 6. The Morgan fingerprint density at radius 1 is 0.976 bits per heavy atom. The third-order valence-corrected chi connectivity index (χ3v) is 7.76. The number of piperidine rings is 1. The van der Waals surface area contributed by atoms with Gasteiger partial charge in [0.15, 0.2) is 5.69 Å². The summed E-state index contributed by atoms with van der Waals surface area (Å²) in [5.41, 5.74) is 7.11. The van der Waals surface area contributed by atoms with E-state index in [9.17, 15) is 18.0 Å². The average molecular weight is 573 g/mol. The molecule has 0 spiro atoms. The van der Waals surface area contributed by atoms with Crippen LogP contribution in [-0.2, 0) is 6.18 Å². The Bertz CT molecular complexity index is 1330. The normalized spacial score (nSPS) is 17.1. The summed E-state index contributed by atoms with van der Waals surface area (Å²) in [6, 6.07) is 12.1. The zero-order valence-electron chi connectivity index (χ0n) is 22.7. The van der Waals surface area contributed by atoms with Gasteiger partial charge in [-0.05, 0) is 61.2 Å². The van der Waals surface area contributed by atoms with Crippen molar-refractivity contribution in [2.45, 2.75) is 31.9 Å². The average Bonchev–Trinajstić information content (AvgIpc) is 2.97. The first-order chi connectivity index (χ1) is 19.6. The Kier molecular flexibility index (Phi) is 8.30. The van der Waals surface area contributed by atoms with Gasteiger partial charge in [-0.3, -0.25) is 4.79 Å². The molecular weight excluding hydrogens is 540 g/mol. The molecule has 218 valence electrons. The minimum absolute atomic E-state index is 0.0401. The summed E-state index contributed by atoms with van der Waals surface area (Å²) in [5, 5.41) is 6.64. The summed E-state index contributed by atoms with van der Waals surface area (Å²) in [7, 11) is 0. The van der Waals surface area contributed by atoms with Gasteiger partial charge in [0, 0.05) is 50.9 Å². The first-order valence-corrected chi connectivity index (χ1v) is 13.7. The maximum Gasteiger partial charge on any atom is 0.435 e. The zero-order valence-corrected chi connectivity index (χ0v) is 22.7. The number of likely N-dealkylation sites (N-methyl/N-ethyl adjacent to an activating group) is 1. The highest BCUT2D eigenvalue weighted by atomic mass is 19.4. The Morgan fingerprint density at radius 2 is 1.66 bits per heavy atom. The summed E-state index contributed by atoms with van der Waals surface area (Å²) in [6.07, 6.45) is -3.10. The molecule has 0 bridgehead atoms. The topological polar surface area (TPSA) is 87.8 Å². The highest BCUT2D eigenvalue weighted by Crippen LogP contribution is 2.33. The van der Waals surface area contributed by atoms with E-state index in [1.165, 1.54) is 6.07 Å². The van der Waals surface area contributed by atoms with Gasteiger partial charge in [-0.1, -0.05) is 19.1 Å². The van der Waals surface area contributed by atoms with Gasteiger partial charge in [-0.2, -0.15) is 13.2 Å². The van der Waals surface area contributed by atoms with Gasteiger partial charge in [0.1, 0.15) is 11.6 Å². The molecule has 8 nitrogen and oxygen atoms in total. The van der Waals surface area contributed by atoms with E-state index in [-0.39, 0.29) is 29.0 Å². The molecule has 2 N–H and O–H groups in total. The van der Waals surface area contributed by atoms with Crippen LogP contribution < -0.4 is 15.4 Å². The number of amides is 1. The molecule has 41 heavy (non-hydrogen) atoms. The molecule has 0 unspecified atom stereocenters. The van der Waals surface area contributed by atoms with Crippen molar-refractivity contribution in [1.29, 1.82) is 0 Å². The third kappa shape index (κ3) is 6.53. The van der Waals surface area contributed by atoms with Crippen LogP contribution in [0.3, 0.4) is 0 Å². The quantitative estimate of drug-likeness (QED) is 0.322. The Morgan fingerprint density at radius 3 is 2.22 bits per heavy atom. The van der Waals surface area contributed by atoms with E-state index in [0.29, 0.717) is 37.6 Å². The van der Waals surface area contributed by atoms with E-state index in [4.69, 9.17) is 10.5 Å². The molecule has 0 atom stereocenters. The number of likely N-dealkylation sites (tertiary alicyclic amines) is 1. The van der Waals surface area contributed by atoms with E-state index in [1.54, 1.807) is 23.1 Å². The van der Waals surface area contributed by atoms with Gasteiger partial charge in [0.2, 0.25) is 5.88 Å². The van der Waals surface area contributed by atoms with Gasteiger partial charge in [-0.15, -0.1) is 10.2 Å². The maximum atomic E-state index is 15.2. The molecule has 2 aliphatic rings. The van der Waals surface area contributed by atoms with Crippen LogP contribution in [0.2, 0.25) is 0 Å². The number of piperazine rings is 1. The van der Waals surface area contributed by atoms with Crippen LogP contribution in [0.5, 0.6) is 11.6 Å². The second-order valence-electron chi connectivity index (χ2n) is 10.3. The zero-order chi connectivity index (χ0) is 29.1. The molecule has 3 heterocycles. The van der Waals surface area contributed by atoms with Crippen LogP contribution in [0, 0.1) is 5.82 Å². The van der Waals surface area contributed by atoms with Crippen molar-refractivity contribution >= 4 is 17.3 Å². The lowest BCUT2D eigenvalue weighted by molar-refractivity contribution is -0.141. The molecule has 2 fully saturated rings. The molecule has 0 radical (unpaired) electrons. The minimum Gasteiger partial charge on any atom is -0.438 e. The fraction of sp³-hybridized carbons (Fsp3) is 0.414. The van der Waals surface area contributed by atoms with Crippen LogP contribution in [-0.4, -0.2) is 71.7 Å². The van der Waals surface area contributed by atoms with E-state index in [2.05, 4.69) is 22.0 Å². The van der Waals surface area contributed by atoms with Crippen molar-refractivity contribution in [3.05, 3.63) is 71.2 Å². The first kappa shape index (κ1) is 28.6. The lowest BCUT2D eigenvalue weighted by Crippen LogP contribution is -2.46. The minimum atomic E-state index is -4.56. The highest BCUT2D eigenvalue weighted by Gasteiger charge is 2.33. The number of hydrogen-bond acceptors (Lipinski definition) is 7. The number of anilines is 2. The molecule has 1 amide bonds. The van der Waals surface area contributed by atoms with E-state index < -0.39 is 17.7 Å². The number of halogens is 4. The fourth-order valence-corrected chi connectivity index (χ4v) is 5.42. The number of benzene rings is 2. The highest BCUT2D eigenvalue weighted by molar-refractivity contribution is 5.96. The number of nitrogens with zero attached hydrogens (tertiary/aromatic N) is 5. The van der Waals surface area contributed by atoms with E-state index in [1.807, 2.05) is 17.0 Å². The van der Waals surface area contributed by atoms with Gasteiger partial charge < -0.3 is 25.2 Å². The Balaban J connectivity index is 1.16. The lowest BCUT2D eigenvalue weighted by atomic mass is 9.89. The monoisotopic (exact) mass is 572 g/mol. The van der Waals surface area contributed by atoms with Crippen molar-refractivity contribution in [1.82, 2.24) is 20.0 Å². The standard InChI is InChI=1S/C29H32F4N6O2/c1-2-37-13-15-38(16-14-37)27-23(30)17-21(18-24(27)34)28(40)39-11-9-20(10-12-39)19-3-5-22(6-4-19)41-26-8-7-25(35-36-26)29(31,32)33/h3-8,17-18,20H,2,9-16,34H2,1H3. The lowest BCUT2D eigenvalue weighted by Gasteiger charge is -2.36. The Labute approximate surface area is 235 Å². The summed E-state index contributed by atoms with van der Waals surface area (Å²) in [5.74, 6) is -0.118. The number of aromatic nitrogens is 2. The van der Waals surface area contributed by atoms with Gasteiger partial charge in [0.05, 0.1) is 11.4 Å². The molecule has 3 aromatic rings. The van der Waals surface area contributed by atoms with Crippen molar-refractivity contribution < 1.29 is 27.1 Å².